The van der Waals surface area contributed by atoms with Gasteiger partial charge in [0.25, 0.3) is 0 Å². The van der Waals surface area contributed by atoms with Crippen LogP contribution in [0.25, 0.3) is 0 Å². The molecule has 0 saturated carbocycles. The second kappa shape index (κ2) is 21.9. The summed E-state index contributed by atoms with van der Waals surface area (Å²) in [6.07, 6.45) is 2.74. The average Bonchev–Trinajstić information content (AvgIpc) is 3.54. The minimum Gasteiger partial charge on any atom is -0.480 e. The number of carboxylic acids is 1. The number of carbonyl (C=O) groups is 5. The first-order valence-electron chi connectivity index (χ1n) is 16.4. The van der Waals surface area contributed by atoms with Crippen LogP contribution in [0.1, 0.15) is 71.6 Å². The molecule has 0 bridgehead atoms. The first-order chi connectivity index (χ1) is 23.1. The number of aliphatic carboxylic acids is 1. The highest BCUT2D eigenvalue weighted by atomic mass is 16.4. The lowest BCUT2D eigenvalue weighted by atomic mass is 9.96. The van der Waals surface area contributed by atoms with Crippen molar-refractivity contribution >= 4 is 47.5 Å². The standard InChI is InChI=1S/C29H56N14O6/c1-3-16(2)21(24(46)41-19(10-6-14-39-29(35)36)25(47)43-15-7-11-20(43)26(48)49)42-23(45)18(9-5-13-38-28(33)34)40-22(44)17(30)8-4-12-37-27(31)32/h16-21H,3-15,30H2,1-2H3,(H,40,44)(H,41,46)(H,42,45)(H,48,49)(H4,31,32,37)(H4,33,34,38)(H4,35,36,39)/t16-,17-,18-,19-,20-,21-/m0/s1. The molecule has 0 radical (unpaired) electrons. The number of nitrogens with zero attached hydrogens (tertiary/aromatic N) is 4. The molecule has 4 amide bonds. The highest BCUT2D eigenvalue weighted by Gasteiger charge is 2.39. The van der Waals surface area contributed by atoms with Gasteiger partial charge >= 0.3 is 5.97 Å². The molecule has 0 spiro atoms. The number of likely N-dealkylation sites (tertiary alicyclic amines) is 1. The zero-order chi connectivity index (χ0) is 37.1. The Labute approximate surface area is 286 Å². The van der Waals surface area contributed by atoms with E-state index in [-0.39, 0.29) is 69.7 Å². The molecule has 1 heterocycles. The topological polar surface area (TPSA) is 364 Å². The fourth-order valence-electron chi connectivity index (χ4n) is 5.17. The molecule has 18 N–H and O–H groups in total. The number of rotatable bonds is 22. The zero-order valence-corrected chi connectivity index (χ0v) is 28.5. The van der Waals surface area contributed by atoms with E-state index in [1.165, 1.54) is 4.90 Å². The Morgan fingerprint density at radius 1 is 0.755 bits per heavy atom. The highest BCUT2D eigenvalue weighted by molar-refractivity contribution is 5.95. The Balaban J connectivity index is 3.20. The number of nitrogens with one attached hydrogen (secondary N) is 3. The molecule has 1 aliphatic heterocycles. The van der Waals surface area contributed by atoms with Crippen LogP contribution in [0.2, 0.25) is 0 Å². The van der Waals surface area contributed by atoms with Crippen molar-refractivity contribution in [2.45, 2.75) is 102 Å². The minimum absolute atomic E-state index is 0.0856. The minimum atomic E-state index is -1.14. The van der Waals surface area contributed by atoms with Gasteiger partial charge in [-0.15, -0.1) is 0 Å². The van der Waals surface area contributed by atoms with Crippen LogP contribution < -0.4 is 56.1 Å². The van der Waals surface area contributed by atoms with Crippen molar-refractivity contribution in [1.29, 1.82) is 0 Å². The Morgan fingerprint density at radius 2 is 1.24 bits per heavy atom. The van der Waals surface area contributed by atoms with Crippen LogP contribution in [0.15, 0.2) is 15.0 Å². The summed E-state index contributed by atoms with van der Waals surface area (Å²) in [6, 6.07) is -5.33. The third-order valence-corrected chi connectivity index (χ3v) is 8.06. The fraction of sp³-hybridized carbons (Fsp3) is 0.724. The SMILES string of the molecule is CC[C@H](C)[C@H](NC(=O)[C@H](CCCN=C(N)N)NC(=O)[C@@H](N)CCCN=C(N)N)C(=O)N[C@@H](CCCN=C(N)N)C(=O)N1CCC[C@H]1C(=O)O. The number of carbonyl (C=O) groups excluding carboxylic acids is 4. The van der Waals surface area contributed by atoms with Crippen LogP contribution in [0.3, 0.4) is 0 Å². The molecule has 49 heavy (non-hydrogen) atoms. The highest BCUT2D eigenvalue weighted by Crippen LogP contribution is 2.20. The van der Waals surface area contributed by atoms with Gasteiger partial charge in [0.15, 0.2) is 17.9 Å². The molecular weight excluding hydrogens is 640 g/mol. The molecule has 1 fully saturated rings. The summed E-state index contributed by atoms with van der Waals surface area (Å²) in [7, 11) is 0. The van der Waals surface area contributed by atoms with Gasteiger partial charge in [-0.3, -0.25) is 34.2 Å². The molecule has 20 heteroatoms. The Bertz CT molecular complexity index is 1200. The lowest BCUT2D eigenvalue weighted by molar-refractivity contribution is -0.149. The molecule has 0 unspecified atom stereocenters. The van der Waals surface area contributed by atoms with Gasteiger partial charge in [0.05, 0.1) is 6.04 Å². The second-order valence-corrected chi connectivity index (χ2v) is 12.0. The zero-order valence-electron chi connectivity index (χ0n) is 28.5. The van der Waals surface area contributed by atoms with Crippen LogP contribution >= 0.6 is 0 Å². The van der Waals surface area contributed by atoms with Crippen molar-refractivity contribution in [3.63, 3.8) is 0 Å². The van der Waals surface area contributed by atoms with Gasteiger partial charge in [-0.1, -0.05) is 20.3 Å². The van der Waals surface area contributed by atoms with Crippen molar-refractivity contribution in [2.75, 3.05) is 26.2 Å². The quantitative estimate of drug-likeness (QED) is 0.0293. The molecule has 278 valence electrons. The maximum Gasteiger partial charge on any atom is 0.326 e. The van der Waals surface area contributed by atoms with Crippen molar-refractivity contribution in [2.24, 2.45) is 61.0 Å². The van der Waals surface area contributed by atoms with E-state index in [4.69, 9.17) is 40.1 Å². The van der Waals surface area contributed by atoms with Crippen molar-refractivity contribution < 1.29 is 29.1 Å². The van der Waals surface area contributed by atoms with Crippen LogP contribution in [0.4, 0.5) is 0 Å². The summed E-state index contributed by atoms with van der Waals surface area (Å²) in [4.78, 5) is 78.8. The summed E-state index contributed by atoms with van der Waals surface area (Å²) < 4.78 is 0. The smallest absolute Gasteiger partial charge is 0.326 e. The molecule has 1 saturated heterocycles. The summed E-state index contributed by atoms with van der Waals surface area (Å²) in [5.41, 5.74) is 38.3. The van der Waals surface area contributed by atoms with E-state index in [1.54, 1.807) is 6.92 Å². The maximum absolute atomic E-state index is 13.8. The summed E-state index contributed by atoms with van der Waals surface area (Å²) in [5.74, 6) is -4.37. The Morgan fingerprint density at radius 3 is 1.73 bits per heavy atom. The Hall–Kier alpha value is -4.88. The third kappa shape index (κ3) is 15.7. The first-order valence-corrected chi connectivity index (χ1v) is 16.4. The molecule has 6 atom stereocenters. The van der Waals surface area contributed by atoms with Crippen LogP contribution in [-0.4, -0.2) is 114 Å². The van der Waals surface area contributed by atoms with Gasteiger partial charge in [-0.2, -0.15) is 0 Å². The number of guanidine groups is 3. The maximum atomic E-state index is 13.8. The third-order valence-electron chi connectivity index (χ3n) is 8.06. The summed E-state index contributed by atoms with van der Waals surface area (Å²) in [5, 5.41) is 17.8. The molecule has 0 aliphatic carbocycles. The van der Waals surface area contributed by atoms with E-state index >= 15 is 0 Å². The van der Waals surface area contributed by atoms with Gasteiger partial charge < -0.3 is 66.1 Å². The lowest BCUT2D eigenvalue weighted by Crippen LogP contribution is -2.60. The normalized spacial score (nSPS) is 17.0. The molecular formula is C29H56N14O6. The molecule has 0 aromatic heterocycles. The van der Waals surface area contributed by atoms with E-state index in [0.717, 1.165) is 0 Å². The van der Waals surface area contributed by atoms with Crippen molar-refractivity contribution in [3.05, 3.63) is 0 Å². The van der Waals surface area contributed by atoms with Crippen molar-refractivity contribution in [3.8, 4) is 0 Å². The van der Waals surface area contributed by atoms with E-state index in [0.29, 0.717) is 32.1 Å². The summed E-state index contributed by atoms with van der Waals surface area (Å²) in [6.45, 7) is 4.42. The number of aliphatic imine (C=N–C) groups is 3. The van der Waals surface area contributed by atoms with Crippen LogP contribution in [-0.2, 0) is 24.0 Å². The molecule has 0 aromatic carbocycles. The van der Waals surface area contributed by atoms with Gasteiger partial charge in [0.1, 0.15) is 24.2 Å². The molecule has 1 aliphatic rings. The van der Waals surface area contributed by atoms with E-state index in [1.807, 2.05) is 6.92 Å². The van der Waals surface area contributed by atoms with Crippen LogP contribution in [0.5, 0.6) is 0 Å². The van der Waals surface area contributed by atoms with E-state index in [9.17, 15) is 29.1 Å². The van der Waals surface area contributed by atoms with E-state index in [2.05, 4.69) is 30.9 Å². The average molecular weight is 697 g/mol. The lowest BCUT2D eigenvalue weighted by Gasteiger charge is -2.31. The number of nitrogens with two attached hydrogens (primary N) is 7. The monoisotopic (exact) mass is 696 g/mol. The number of hydrogen-bond donors (Lipinski definition) is 11. The fourth-order valence-corrected chi connectivity index (χ4v) is 5.17. The van der Waals surface area contributed by atoms with Gasteiger partial charge in [-0.05, 0) is 57.3 Å². The Kier molecular flexibility index (Phi) is 18.8. The van der Waals surface area contributed by atoms with Crippen molar-refractivity contribution in [1.82, 2.24) is 20.9 Å². The van der Waals surface area contributed by atoms with E-state index < -0.39 is 65.7 Å². The van der Waals surface area contributed by atoms with Gasteiger partial charge in [-0.25, -0.2) is 4.79 Å². The summed E-state index contributed by atoms with van der Waals surface area (Å²) >= 11 is 0. The van der Waals surface area contributed by atoms with Gasteiger partial charge in [0.2, 0.25) is 23.6 Å². The first kappa shape index (κ1) is 42.1. The molecule has 0 aromatic rings. The predicted molar refractivity (Wildman–Crippen MR) is 185 cm³/mol. The molecule has 20 nitrogen and oxygen atoms in total. The predicted octanol–water partition coefficient (Wildman–Crippen LogP) is -3.95. The van der Waals surface area contributed by atoms with Crippen LogP contribution in [0, 0.1) is 5.92 Å². The van der Waals surface area contributed by atoms with Gasteiger partial charge in [0, 0.05) is 26.2 Å². The number of amides is 4. The number of hydrogen-bond acceptors (Lipinski definition) is 9. The molecule has 1 rings (SSSR count). The largest absolute Gasteiger partial charge is 0.480 e. The second-order valence-electron chi connectivity index (χ2n) is 12.0. The number of carboxylic acid groups (broad SMARTS) is 1.